The lowest BCUT2D eigenvalue weighted by Gasteiger charge is -2.39. The monoisotopic (exact) mass is 325 g/mol. The molecule has 25 heavy (non-hydrogen) atoms. The van der Waals surface area contributed by atoms with Gasteiger partial charge in [-0.3, -0.25) is 4.79 Å². The van der Waals surface area contributed by atoms with E-state index in [2.05, 4.69) is 73.7 Å². The number of fused-ring (bicyclic) bond motifs is 5. The maximum Gasteiger partial charge on any atom is 0.227 e. The first kappa shape index (κ1) is 14.5. The Morgan fingerprint density at radius 3 is 2.52 bits per heavy atom. The van der Waals surface area contributed by atoms with E-state index in [-0.39, 0.29) is 11.4 Å². The van der Waals surface area contributed by atoms with Crippen molar-refractivity contribution in [1.29, 1.82) is 0 Å². The van der Waals surface area contributed by atoms with E-state index in [9.17, 15) is 4.79 Å². The number of benzene rings is 3. The van der Waals surface area contributed by atoms with Crippen LogP contribution in [0.1, 0.15) is 30.9 Å². The van der Waals surface area contributed by atoms with Crippen LogP contribution in [0.25, 0.3) is 16.3 Å². The summed E-state index contributed by atoms with van der Waals surface area (Å²) >= 11 is 0. The third-order valence-electron chi connectivity index (χ3n) is 5.56. The van der Waals surface area contributed by atoms with E-state index in [1.54, 1.807) is 0 Å². The summed E-state index contributed by atoms with van der Waals surface area (Å²) in [6.07, 6.45) is 3.79. The van der Waals surface area contributed by atoms with E-state index in [4.69, 9.17) is 0 Å². The summed E-state index contributed by atoms with van der Waals surface area (Å²) in [5.74, 6) is 0.224. The van der Waals surface area contributed by atoms with Gasteiger partial charge in [-0.15, -0.1) is 0 Å². The van der Waals surface area contributed by atoms with Crippen LogP contribution in [-0.4, -0.2) is 11.4 Å². The summed E-state index contributed by atoms with van der Waals surface area (Å²) < 4.78 is 0. The van der Waals surface area contributed by atoms with E-state index in [1.165, 1.54) is 27.5 Å². The predicted octanol–water partition coefficient (Wildman–Crippen LogP) is 5.17. The maximum absolute atomic E-state index is 12.7. The fourth-order valence-corrected chi connectivity index (χ4v) is 4.37. The van der Waals surface area contributed by atoms with Gasteiger partial charge in [0, 0.05) is 12.0 Å². The molecule has 2 heteroatoms. The molecule has 2 heterocycles. The van der Waals surface area contributed by atoms with E-state index >= 15 is 0 Å². The molecule has 0 radical (unpaired) electrons. The van der Waals surface area contributed by atoms with Gasteiger partial charge in [0.05, 0.1) is 11.2 Å². The van der Waals surface area contributed by atoms with Crippen LogP contribution in [0.5, 0.6) is 0 Å². The molecule has 5 rings (SSSR count). The highest BCUT2D eigenvalue weighted by Gasteiger charge is 2.45. The van der Waals surface area contributed by atoms with Crippen LogP contribution < -0.4 is 4.90 Å². The van der Waals surface area contributed by atoms with Crippen LogP contribution in [0.15, 0.2) is 72.8 Å². The Bertz CT molecular complexity index is 1030. The molecule has 1 fully saturated rings. The number of amides is 1. The molecular formula is C23H19NO. The third-order valence-corrected chi connectivity index (χ3v) is 5.56. The van der Waals surface area contributed by atoms with Crippen LogP contribution in [0, 0.1) is 0 Å². The van der Waals surface area contributed by atoms with Crippen molar-refractivity contribution in [2.75, 3.05) is 4.90 Å². The quantitative estimate of drug-likeness (QED) is 0.604. The molecule has 1 unspecified atom stereocenters. The Labute approximate surface area is 147 Å². The molecular weight excluding hydrogens is 306 g/mol. The summed E-state index contributed by atoms with van der Waals surface area (Å²) in [5.41, 5.74) is 4.43. The van der Waals surface area contributed by atoms with Gasteiger partial charge in [-0.1, -0.05) is 66.7 Å². The molecule has 0 saturated carbocycles. The summed E-state index contributed by atoms with van der Waals surface area (Å²) in [4.78, 5) is 14.7. The minimum atomic E-state index is -0.238. The number of rotatable bonds is 1. The molecule has 0 aromatic heterocycles. The van der Waals surface area contributed by atoms with Crippen molar-refractivity contribution in [3.8, 4) is 0 Å². The number of anilines is 1. The number of nitrogens with zero attached hydrogens (tertiary/aromatic N) is 1. The molecule has 122 valence electrons. The molecule has 0 bridgehead atoms. The van der Waals surface area contributed by atoms with Gasteiger partial charge < -0.3 is 4.90 Å². The Morgan fingerprint density at radius 2 is 1.68 bits per heavy atom. The Balaban J connectivity index is 1.89. The zero-order chi connectivity index (χ0) is 17.0. The van der Waals surface area contributed by atoms with Crippen LogP contribution in [-0.2, 0) is 4.79 Å². The van der Waals surface area contributed by atoms with Gasteiger partial charge in [0.25, 0.3) is 0 Å². The average molecular weight is 325 g/mol. The third kappa shape index (κ3) is 2.00. The standard InChI is InChI=1S/C23H19NO/c1-23-14-13-21(25)24(23)20-12-11-17-9-5-6-10-18(17)22(20)19(15-23)16-7-3-2-4-8-16/h2-12,15H,13-14H2,1H3. The largest absolute Gasteiger partial charge is 0.302 e. The van der Waals surface area contributed by atoms with Gasteiger partial charge in [0.1, 0.15) is 0 Å². The maximum atomic E-state index is 12.7. The van der Waals surface area contributed by atoms with E-state index in [1.807, 2.05) is 11.0 Å². The lowest BCUT2D eigenvalue weighted by atomic mass is 9.82. The van der Waals surface area contributed by atoms with Crippen molar-refractivity contribution in [2.45, 2.75) is 25.3 Å². The van der Waals surface area contributed by atoms with Gasteiger partial charge in [-0.05, 0) is 41.3 Å². The van der Waals surface area contributed by atoms with Gasteiger partial charge in [-0.2, -0.15) is 0 Å². The number of hydrogen-bond donors (Lipinski definition) is 0. The summed E-state index contributed by atoms with van der Waals surface area (Å²) in [6, 6.07) is 23.2. The lowest BCUT2D eigenvalue weighted by Crippen LogP contribution is -2.44. The van der Waals surface area contributed by atoms with Crippen molar-refractivity contribution < 1.29 is 4.79 Å². The first-order valence-corrected chi connectivity index (χ1v) is 8.81. The lowest BCUT2D eigenvalue weighted by molar-refractivity contribution is -0.117. The minimum absolute atomic E-state index is 0.224. The van der Waals surface area contributed by atoms with E-state index in [0.717, 1.165) is 12.1 Å². The van der Waals surface area contributed by atoms with Crippen LogP contribution in [0.4, 0.5) is 5.69 Å². The molecule has 0 aliphatic carbocycles. The molecule has 0 spiro atoms. The normalized spacial score (nSPS) is 21.9. The fourth-order valence-electron chi connectivity index (χ4n) is 4.37. The smallest absolute Gasteiger partial charge is 0.227 e. The molecule has 1 amide bonds. The van der Waals surface area contributed by atoms with Crippen molar-refractivity contribution >= 4 is 27.9 Å². The number of hydrogen-bond acceptors (Lipinski definition) is 1. The fraction of sp³-hybridized carbons (Fsp3) is 0.174. The van der Waals surface area contributed by atoms with Gasteiger partial charge in [-0.25, -0.2) is 0 Å². The highest BCUT2D eigenvalue weighted by molar-refractivity contribution is 6.11. The summed E-state index contributed by atoms with van der Waals surface area (Å²) in [5, 5.41) is 2.41. The molecule has 2 aliphatic rings. The Morgan fingerprint density at radius 1 is 0.920 bits per heavy atom. The van der Waals surface area contributed by atoms with Crippen LogP contribution >= 0.6 is 0 Å². The zero-order valence-corrected chi connectivity index (χ0v) is 14.2. The molecule has 2 nitrogen and oxygen atoms in total. The van der Waals surface area contributed by atoms with Gasteiger partial charge in [0.15, 0.2) is 0 Å². The second-order valence-electron chi connectivity index (χ2n) is 7.19. The first-order chi connectivity index (χ1) is 12.2. The molecule has 3 aromatic carbocycles. The number of carbonyl (C=O) groups is 1. The predicted molar refractivity (Wildman–Crippen MR) is 103 cm³/mol. The first-order valence-electron chi connectivity index (χ1n) is 8.81. The van der Waals surface area contributed by atoms with Crippen molar-refractivity contribution in [3.63, 3.8) is 0 Å². The van der Waals surface area contributed by atoms with Crippen LogP contribution in [0.3, 0.4) is 0 Å². The molecule has 2 aliphatic heterocycles. The van der Waals surface area contributed by atoms with Crippen molar-refractivity contribution in [2.24, 2.45) is 0 Å². The SMILES string of the molecule is CC12C=C(c3ccccc3)c3c(ccc4ccccc34)N1C(=O)CC2. The number of carbonyl (C=O) groups excluding carboxylic acids is 1. The van der Waals surface area contributed by atoms with E-state index in [0.29, 0.717) is 6.42 Å². The highest BCUT2D eigenvalue weighted by Crippen LogP contribution is 2.49. The zero-order valence-electron chi connectivity index (χ0n) is 14.2. The molecule has 3 aromatic rings. The second kappa shape index (κ2) is 5.06. The van der Waals surface area contributed by atoms with Crippen molar-refractivity contribution in [3.05, 3.63) is 83.9 Å². The average Bonchev–Trinajstić information content (AvgIpc) is 2.96. The van der Waals surface area contributed by atoms with Gasteiger partial charge >= 0.3 is 0 Å². The topological polar surface area (TPSA) is 20.3 Å². The Kier molecular flexibility index (Phi) is 2.93. The van der Waals surface area contributed by atoms with Gasteiger partial charge in [0.2, 0.25) is 5.91 Å². The summed E-state index contributed by atoms with van der Waals surface area (Å²) in [6.45, 7) is 2.18. The van der Waals surface area contributed by atoms with Crippen LogP contribution in [0.2, 0.25) is 0 Å². The Hall–Kier alpha value is -2.87. The second-order valence-corrected chi connectivity index (χ2v) is 7.19. The molecule has 1 atom stereocenters. The highest BCUT2D eigenvalue weighted by atomic mass is 16.2. The molecule has 0 N–H and O–H groups in total. The summed E-state index contributed by atoms with van der Waals surface area (Å²) in [7, 11) is 0. The van der Waals surface area contributed by atoms with E-state index < -0.39 is 0 Å². The molecule has 1 saturated heterocycles. The van der Waals surface area contributed by atoms with Crippen molar-refractivity contribution in [1.82, 2.24) is 0 Å². The minimum Gasteiger partial charge on any atom is -0.302 e.